The van der Waals surface area contributed by atoms with Gasteiger partial charge in [-0.2, -0.15) is 0 Å². The average molecular weight is 655 g/mol. The third-order valence-electron chi connectivity index (χ3n) is 9.55. The van der Waals surface area contributed by atoms with E-state index in [0.717, 1.165) is 38.8 Å². The predicted octanol–water partition coefficient (Wildman–Crippen LogP) is 14.1. The number of hydrogen-bond donors (Lipinski definition) is 0. The van der Waals surface area contributed by atoms with Crippen molar-refractivity contribution in [1.82, 2.24) is 0 Å². The SMILES string of the molecule is [2H]c1c([2H])c([2H])c(N(c2ccc(-c3ccccc3)cc2)c2ccc(-c3ccc4c(c3)c(-c3ccccc3)c(-c3ccccc3)c3ccccc34)cc2)c([2H])c1[2H]. The fraction of sp³-hybridized carbons (Fsp3) is 0. The molecule has 0 N–H and O–H groups in total. The zero-order valence-electron chi connectivity index (χ0n) is 32.8. The van der Waals surface area contributed by atoms with Crippen molar-refractivity contribution in [1.29, 1.82) is 0 Å². The van der Waals surface area contributed by atoms with E-state index in [1.165, 1.54) is 27.3 Å². The minimum atomic E-state index is -0.423. The van der Waals surface area contributed by atoms with Gasteiger partial charge in [0.05, 0.1) is 6.85 Å². The van der Waals surface area contributed by atoms with Gasteiger partial charge in [-0.15, -0.1) is 0 Å². The third kappa shape index (κ3) is 5.75. The topological polar surface area (TPSA) is 3.24 Å². The number of anilines is 3. The van der Waals surface area contributed by atoms with Crippen molar-refractivity contribution in [3.63, 3.8) is 0 Å². The number of hydrogen-bond acceptors (Lipinski definition) is 1. The molecule has 0 heterocycles. The van der Waals surface area contributed by atoms with Crippen molar-refractivity contribution >= 4 is 38.6 Å². The molecule has 9 aromatic rings. The van der Waals surface area contributed by atoms with Gasteiger partial charge >= 0.3 is 0 Å². The summed E-state index contributed by atoms with van der Waals surface area (Å²) >= 11 is 0. The molecule has 0 fully saturated rings. The molecule has 0 radical (unpaired) electrons. The lowest BCUT2D eigenvalue weighted by Gasteiger charge is -2.26. The Balaban J connectivity index is 1.21. The lowest BCUT2D eigenvalue weighted by molar-refractivity contribution is 1.28. The maximum atomic E-state index is 8.91. The van der Waals surface area contributed by atoms with Gasteiger partial charge in [0.2, 0.25) is 0 Å². The van der Waals surface area contributed by atoms with Gasteiger partial charge in [-0.3, -0.25) is 0 Å². The molecule has 0 amide bonds. The summed E-state index contributed by atoms with van der Waals surface area (Å²) in [4.78, 5) is 1.75. The Morgan fingerprint density at radius 2 is 0.706 bits per heavy atom. The molecule has 1 nitrogen and oxygen atoms in total. The fourth-order valence-electron chi connectivity index (χ4n) is 7.18. The van der Waals surface area contributed by atoms with E-state index >= 15 is 0 Å². The number of para-hydroxylation sites is 1. The second-order valence-corrected chi connectivity index (χ2v) is 12.6. The van der Waals surface area contributed by atoms with E-state index in [-0.39, 0.29) is 29.9 Å². The highest BCUT2D eigenvalue weighted by molar-refractivity contribution is 6.22. The van der Waals surface area contributed by atoms with Crippen molar-refractivity contribution < 1.29 is 6.85 Å². The molecule has 1 heteroatoms. The summed E-state index contributed by atoms with van der Waals surface area (Å²) in [5.41, 5.74) is 10.2. The van der Waals surface area contributed by atoms with Crippen molar-refractivity contribution in [3.05, 3.63) is 212 Å². The smallest absolute Gasteiger partial charge is 0.0645 e. The largest absolute Gasteiger partial charge is 0.311 e. The molecule has 9 rings (SSSR count). The second kappa shape index (κ2) is 13.3. The van der Waals surface area contributed by atoms with Crippen LogP contribution in [0.2, 0.25) is 0 Å². The fourth-order valence-corrected chi connectivity index (χ4v) is 7.18. The van der Waals surface area contributed by atoms with Gasteiger partial charge in [0.15, 0.2) is 0 Å². The van der Waals surface area contributed by atoms with Gasteiger partial charge in [0.1, 0.15) is 0 Å². The third-order valence-corrected chi connectivity index (χ3v) is 9.55. The molecule has 0 saturated carbocycles. The summed E-state index contributed by atoms with van der Waals surface area (Å²) in [7, 11) is 0. The van der Waals surface area contributed by atoms with E-state index in [4.69, 9.17) is 6.85 Å². The first kappa shape index (κ1) is 25.3. The van der Waals surface area contributed by atoms with Crippen LogP contribution in [0.25, 0.3) is 66.1 Å². The van der Waals surface area contributed by atoms with Crippen LogP contribution in [0.15, 0.2) is 212 Å². The average Bonchev–Trinajstić information content (AvgIpc) is 3.27. The van der Waals surface area contributed by atoms with Crippen LogP contribution in [0.5, 0.6) is 0 Å². The first-order valence-electron chi connectivity index (χ1n) is 19.6. The van der Waals surface area contributed by atoms with E-state index in [9.17, 15) is 0 Å². The van der Waals surface area contributed by atoms with Crippen LogP contribution < -0.4 is 4.90 Å². The highest BCUT2D eigenvalue weighted by atomic mass is 15.1. The summed E-state index contributed by atoms with van der Waals surface area (Å²) in [5.74, 6) is 0. The van der Waals surface area contributed by atoms with E-state index < -0.39 is 6.04 Å². The van der Waals surface area contributed by atoms with E-state index in [1.807, 2.05) is 84.9 Å². The number of nitrogens with zero attached hydrogens (tertiary/aromatic N) is 1. The molecule has 0 aliphatic carbocycles. The Morgan fingerprint density at radius 3 is 1.27 bits per heavy atom. The monoisotopic (exact) mass is 654 g/mol. The Hall–Kier alpha value is -6.70. The normalized spacial score (nSPS) is 12.5. The summed E-state index contributed by atoms with van der Waals surface area (Å²) in [5, 5.41) is 4.71. The molecular formula is C50H35N. The number of fused-ring (bicyclic) bond motifs is 3. The van der Waals surface area contributed by atoms with Crippen LogP contribution in [-0.2, 0) is 0 Å². The van der Waals surface area contributed by atoms with Gasteiger partial charge in [-0.05, 0) is 108 Å². The molecule has 0 spiro atoms. The summed E-state index contributed by atoms with van der Waals surface area (Å²) in [6.45, 7) is 0. The van der Waals surface area contributed by atoms with E-state index in [0.29, 0.717) is 11.4 Å². The summed E-state index contributed by atoms with van der Waals surface area (Å²) < 4.78 is 43.0. The first-order valence-corrected chi connectivity index (χ1v) is 17.1. The van der Waals surface area contributed by atoms with Crippen LogP contribution in [-0.4, -0.2) is 0 Å². The van der Waals surface area contributed by atoms with Crippen LogP contribution in [0.1, 0.15) is 6.85 Å². The summed E-state index contributed by atoms with van der Waals surface area (Å²) in [6.07, 6.45) is 0. The number of benzene rings is 9. The molecule has 240 valence electrons. The predicted molar refractivity (Wildman–Crippen MR) is 218 cm³/mol. The Labute approximate surface area is 306 Å². The molecular weight excluding hydrogens is 615 g/mol. The van der Waals surface area contributed by atoms with Gasteiger partial charge in [-0.25, -0.2) is 0 Å². The Bertz CT molecular complexity index is 2850. The van der Waals surface area contributed by atoms with Crippen LogP contribution in [0.3, 0.4) is 0 Å². The van der Waals surface area contributed by atoms with E-state index in [2.05, 4.69) is 97.1 Å². The highest BCUT2D eigenvalue weighted by Crippen LogP contribution is 2.45. The maximum absolute atomic E-state index is 8.91. The van der Waals surface area contributed by atoms with Gasteiger partial charge in [-0.1, -0.05) is 170 Å². The molecule has 0 saturated heterocycles. The first-order chi connectivity index (χ1) is 27.4. The van der Waals surface area contributed by atoms with Crippen LogP contribution in [0.4, 0.5) is 17.1 Å². The molecule has 0 aromatic heterocycles. The lowest BCUT2D eigenvalue weighted by atomic mass is 9.84. The zero-order chi connectivity index (χ0) is 38.3. The molecule has 0 aliphatic rings. The van der Waals surface area contributed by atoms with Crippen molar-refractivity contribution in [2.24, 2.45) is 0 Å². The minimum absolute atomic E-state index is 0.0924. The lowest BCUT2D eigenvalue weighted by Crippen LogP contribution is -2.09. The highest BCUT2D eigenvalue weighted by Gasteiger charge is 2.18. The van der Waals surface area contributed by atoms with Crippen LogP contribution >= 0.6 is 0 Å². The maximum Gasteiger partial charge on any atom is 0.0645 e. The van der Waals surface area contributed by atoms with E-state index in [1.54, 1.807) is 4.90 Å². The quantitative estimate of drug-likeness (QED) is 0.155. The van der Waals surface area contributed by atoms with Crippen molar-refractivity contribution in [2.45, 2.75) is 0 Å². The van der Waals surface area contributed by atoms with Gasteiger partial charge in [0, 0.05) is 17.1 Å². The Morgan fingerprint density at radius 1 is 0.294 bits per heavy atom. The van der Waals surface area contributed by atoms with Gasteiger partial charge in [0.25, 0.3) is 0 Å². The molecule has 51 heavy (non-hydrogen) atoms. The molecule has 0 atom stereocenters. The molecule has 0 unspecified atom stereocenters. The standard InChI is InChI=1S/C50H35N/c1-5-15-36(16-6-1)37-25-30-43(31-26-37)51(42-21-11-4-12-22-42)44-32-27-38(28-33-44)41-29-34-46-45-23-13-14-24-47(45)49(39-17-7-2-8-18-39)50(48(46)35-41)40-19-9-3-10-20-40/h1-35H/i4D,11D,12D,21D,22D. The minimum Gasteiger partial charge on any atom is -0.311 e. The molecule has 0 bridgehead atoms. The molecule has 0 aliphatic heterocycles. The summed E-state index contributed by atoms with van der Waals surface area (Å²) in [6, 6.07) is 60.6. The van der Waals surface area contributed by atoms with Crippen molar-refractivity contribution in [2.75, 3.05) is 4.90 Å². The number of rotatable bonds is 7. The van der Waals surface area contributed by atoms with Crippen LogP contribution in [0, 0.1) is 0 Å². The van der Waals surface area contributed by atoms with Crippen molar-refractivity contribution in [3.8, 4) is 44.5 Å². The molecule has 9 aromatic carbocycles. The Kier molecular flexibility index (Phi) is 6.60. The zero-order valence-corrected chi connectivity index (χ0v) is 27.8. The van der Waals surface area contributed by atoms with Gasteiger partial charge < -0.3 is 4.90 Å². The second-order valence-electron chi connectivity index (χ2n) is 12.6.